The summed E-state index contributed by atoms with van der Waals surface area (Å²) in [6.07, 6.45) is 2.81. The molecule has 0 aliphatic rings. The van der Waals surface area contributed by atoms with Gasteiger partial charge in [0.1, 0.15) is 10.8 Å². The van der Waals surface area contributed by atoms with Gasteiger partial charge in [0.2, 0.25) is 0 Å². The standard InChI is InChI=1S/C14H15N3O2S2/c1-21(18,19)12-4-2-10(3-5-12)9-17-13-8-11(14(15)20)6-7-16-13/h2-8H,9H2,1H3,(H2,15,20)(H,16,17). The molecule has 1 heterocycles. The molecule has 1 aromatic carbocycles. The Kier molecular flexibility index (Phi) is 4.54. The SMILES string of the molecule is CS(=O)(=O)c1ccc(CNc2cc(C(N)=S)ccn2)cc1. The maximum absolute atomic E-state index is 11.4. The Labute approximate surface area is 129 Å². The van der Waals surface area contributed by atoms with Crippen molar-refractivity contribution in [3.63, 3.8) is 0 Å². The molecule has 0 spiro atoms. The molecule has 0 saturated carbocycles. The molecule has 0 aliphatic carbocycles. The number of rotatable bonds is 5. The van der Waals surface area contributed by atoms with Crippen LogP contribution in [0.5, 0.6) is 0 Å². The number of thiocarbonyl (C=S) groups is 1. The third-order valence-corrected chi connectivity index (χ3v) is 4.23. The van der Waals surface area contributed by atoms with Gasteiger partial charge in [-0.25, -0.2) is 13.4 Å². The Morgan fingerprint density at radius 2 is 1.95 bits per heavy atom. The van der Waals surface area contributed by atoms with Crippen molar-refractivity contribution >= 4 is 32.9 Å². The van der Waals surface area contributed by atoms with E-state index < -0.39 is 9.84 Å². The van der Waals surface area contributed by atoms with E-state index in [0.29, 0.717) is 22.2 Å². The summed E-state index contributed by atoms with van der Waals surface area (Å²) in [6.45, 7) is 0.526. The van der Waals surface area contributed by atoms with Gasteiger partial charge in [-0.15, -0.1) is 0 Å². The summed E-state index contributed by atoms with van der Waals surface area (Å²) in [5.41, 5.74) is 7.26. The number of pyridine rings is 1. The fourth-order valence-electron chi connectivity index (χ4n) is 1.73. The van der Waals surface area contributed by atoms with Crippen molar-refractivity contribution in [2.24, 2.45) is 5.73 Å². The highest BCUT2D eigenvalue weighted by molar-refractivity contribution is 7.90. The van der Waals surface area contributed by atoms with E-state index in [1.165, 1.54) is 6.26 Å². The summed E-state index contributed by atoms with van der Waals surface area (Å²) in [7, 11) is -3.16. The second-order valence-electron chi connectivity index (χ2n) is 4.56. The number of benzene rings is 1. The van der Waals surface area contributed by atoms with Gasteiger partial charge >= 0.3 is 0 Å². The van der Waals surface area contributed by atoms with E-state index in [9.17, 15) is 8.42 Å². The molecular weight excluding hydrogens is 306 g/mol. The number of nitrogens with one attached hydrogen (secondary N) is 1. The van der Waals surface area contributed by atoms with Crippen molar-refractivity contribution in [2.45, 2.75) is 11.4 Å². The zero-order valence-electron chi connectivity index (χ0n) is 11.4. The highest BCUT2D eigenvalue weighted by atomic mass is 32.2. The molecule has 5 nitrogen and oxygen atoms in total. The first-order chi connectivity index (χ1) is 9.86. The van der Waals surface area contributed by atoms with Crippen molar-refractivity contribution in [1.29, 1.82) is 0 Å². The first-order valence-corrected chi connectivity index (χ1v) is 8.45. The number of hydrogen-bond acceptors (Lipinski definition) is 5. The highest BCUT2D eigenvalue weighted by Gasteiger charge is 2.06. The summed E-state index contributed by atoms with van der Waals surface area (Å²) in [6, 6.07) is 10.2. The van der Waals surface area contributed by atoms with Gasteiger partial charge in [-0.3, -0.25) is 0 Å². The van der Waals surface area contributed by atoms with E-state index in [0.717, 1.165) is 11.1 Å². The van der Waals surface area contributed by atoms with Gasteiger partial charge in [-0.2, -0.15) is 0 Å². The van der Waals surface area contributed by atoms with E-state index in [2.05, 4.69) is 10.3 Å². The monoisotopic (exact) mass is 321 g/mol. The fraction of sp³-hybridized carbons (Fsp3) is 0.143. The molecule has 0 bridgehead atoms. The lowest BCUT2D eigenvalue weighted by molar-refractivity contribution is 0.602. The van der Waals surface area contributed by atoms with Gasteiger partial charge in [0.25, 0.3) is 0 Å². The second kappa shape index (κ2) is 6.19. The first kappa shape index (κ1) is 15.4. The van der Waals surface area contributed by atoms with Crippen LogP contribution in [0.1, 0.15) is 11.1 Å². The quantitative estimate of drug-likeness (QED) is 0.816. The van der Waals surface area contributed by atoms with Gasteiger partial charge in [0.15, 0.2) is 9.84 Å². The molecule has 1 aromatic heterocycles. The maximum Gasteiger partial charge on any atom is 0.175 e. The lowest BCUT2D eigenvalue weighted by Gasteiger charge is -2.07. The summed E-state index contributed by atoms with van der Waals surface area (Å²) in [4.78, 5) is 4.79. The third kappa shape index (κ3) is 4.24. The van der Waals surface area contributed by atoms with Crippen LogP contribution in [0.3, 0.4) is 0 Å². The van der Waals surface area contributed by atoms with Crippen molar-refractivity contribution in [1.82, 2.24) is 4.98 Å². The first-order valence-electron chi connectivity index (χ1n) is 6.15. The lowest BCUT2D eigenvalue weighted by Crippen LogP contribution is -2.10. The molecule has 7 heteroatoms. The van der Waals surface area contributed by atoms with Crippen LogP contribution in [-0.2, 0) is 16.4 Å². The van der Waals surface area contributed by atoms with Crippen LogP contribution in [-0.4, -0.2) is 24.6 Å². The summed E-state index contributed by atoms with van der Waals surface area (Å²) >= 11 is 4.91. The average Bonchev–Trinajstić information content (AvgIpc) is 2.45. The Morgan fingerprint density at radius 3 is 2.52 bits per heavy atom. The van der Waals surface area contributed by atoms with Crippen molar-refractivity contribution in [3.05, 3.63) is 53.7 Å². The van der Waals surface area contributed by atoms with Crippen LogP contribution in [0.15, 0.2) is 47.5 Å². The molecule has 0 unspecified atom stereocenters. The number of hydrogen-bond donors (Lipinski definition) is 2. The molecule has 3 N–H and O–H groups in total. The highest BCUT2D eigenvalue weighted by Crippen LogP contribution is 2.12. The lowest BCUT2D eigenvalue weighted by atomic mass is 10.2. The van der Waals surface area contributed by atoms with Crippen LogP contribution < -0.4 is 11.1 Å². The van der Waals surface area contributed by atoms with Gasteiger partial charge in [-0.05, 0) is 29.8 Å². The molecule has 2 aromatic rings. The Morgan fingerprint density at radius 1 is 1.29 bits per heavy atom. The topological polar surface area (TPSA) is 85.1 Å². The minimum atomic E-state index is -3.16. The Bertz CT molecular complexity index is 756. The number of aromatic nitrogens is 1. The number of anilines is 1. The van der Waals surface area contributed by atoms with Crippen LogP contribution in [0.4, 0.5) is 5.82 Å². The zero-order chi connectivity index (χ0) is 15.5. The molecule has 0 amide bonds. The van der Waals surface area contributed by atoms with Crippen molar-refractivity contribution in [3.8, 4) is 0 Å². The van der Waals surface area contributed by atoms with E-state index in [-0.39, 0.29) is 0 Å². The predicted octanol–water partition coefficient (Wildman–Crippen LogP) is 1.73. The van der Waals surface area contributed by atoms with E-state index in [4.69, 9.17) is 18.0 Å². The summed E-state index contributed by atoms with van der Waals surface area (Å²) in [5.74, 6) is 0.660. The van der Waals surface area contributed by atoms with Crippen LogP contribution in [0.2, 0.25) is 0 Å². The minimum Gasteiger partial charge on any atom is -0.389 e. The third-order valence-electron chi connectivity index (χ3n) is 2.87. The molecular formula is C14H15N3O2S2. The molecule has 0 saturated heterocycles. The Hall–Kier alpha value is -1.99. The van der Waals surface area contributed by atoms with Gasteiger partial charge in [0, 0.05) is 24.6 Å². The van der Waals surface area contributed by atoms with E-state index in [1.807, 2.05) is 0 Å². The van der Waals surface area contributed by atoms with Crippen LogP contribution in [0.25, 0.3) is 0 Å². The zero-order valence-corrected chi connectivity index (χ0v) is 13.0. The predicted molar refractivity (Wildman–Crippen MR) is 87.0 cm³/mol. The summed E-state index contributed by atoms with van der Waals surface area (Å²) < 4.78 is 22.8. The van der Waals surface area contributed by atoms with Crippen molar-refractivity contribution < 1.29 is 8.42 Å². The van der Waals surface area contributed by atoms with E-state index >= 15 is 0 Å². The fourth-order valence-corrected chi connectivity index (χ4v) is 2.49. The molecule has 0 radical (unpaired) electrons. The molecule has 0 fully saturated rings. The minimum absolute atomic E-state index is 0.305. The normalized spacial score (nSPS) is 11.1. The van der Waals surface area contributed by atoms with Gasteiger partial charge in [-0.1, -0.05) is 24.4 Å². The molecule has 2 rings (SSSR count). The maximum atomic E-state index is 11.4. The molecule has 0 aliphatic heterocycles. The smallest absolute Gasteiger partial charge is 0.175 e. The molecule has 0 atom stereocenters. The molecule has 21 heavy (non-hydrogen) atoms. The van der Waals surface area contributed by atoms with Gasteiger partial charge in [0.05, 0.1) is 4.90 Å². The van der Waals surface area contributed by atoms with Crippen LogP contribution in [0, 0.1) is 0 Å². The average molecular weight is 321 g/mol. The van der Waals surface area contributed by atoms with Crippen molar-refractivity contribution in [2.75, 3.05) is 11.6 Å². The van der Waals surface area contributed by atoms with Gasteiger partial charge < -0.3 is 11.1 Å². The van der Waals surface area contributed by atoms with E-state index in [1.54, 1.807) is 42.6 Å². The Balaban J connectivity index is 2.06. The number of nitrogens with two attached hydrogens (primary N) is 1. The number of nitrogens with zero attached hydrogens (tertiary/aromatic N) is 1. The van der Waals surface area contributed by atoms with Crippen LogP contribution >= 0.6 is 12.2 Å². The summed E-state index contributed by atoms with van der Waals surface area (Å²) in [5, 5.41) is 3.14. The largest absolute Gasteiger partial charge is 0.389 e. The second-order valence-corrected chi connectivity index (χ2v) is 7.02. The molecule has 110 valence electrons. The number of sulfone groups is 1.